The first-order valence-corrected chi connectivity index (χ1v) is 7.18. The van der Waals surface area contributed by atoms with Crippen LogP contribution in [-0.2, 0) is 4.74 Å². The van der Waals surface area contributed by atoms with Crippen molar-refractivity contribution in [1.29, 1.82) is 0 Å². The number of nitrogens with one attached hydrogen (secondary N) is 2. The monoisotopic (exact) mass is 264 g/mol. The molecule has 0 bridgehead atoms. The largest absolute Gasteiger partial charge is 0.491 e. The van der Waals surface area contributed by atoms with Gasteiger partial charge in [-0.2, -0.15) is 0 Å². The summed E-state index contributed by atoms with van der Waals surface area (Å²) in [5, 5.41) is 6.75. The van der Waals surface area contributed by atoms with Gasteiger partial charge in [-0.3, -0.25) is 0 Å². The molecule has 1 aliphatic heterocycles. The Morgan fingerprint density at radius 3 is 3.11 bits per heavy atom. The second-order valence-corrected chi connectivity index (χ2v) is 4.78. The number of hydrogen-bond donors (Lipinski definition) is 2. The van der Waals surface area contributed by atoms with Crippen molar-refractivity contribution in [2.75, 3.05) is 38.2 Å². The van der Waals surface area contributed by atoms with Crippen LogP contribution in [0.15, 0.2) is 24.3 Å². The van der Waals surface area contributed by atoms with Crippen molar-refractivity contribution in [3.63, 3.8) is 0 Å². The predicted molar refractivity (Wildman–Crippen MR) is 77.9 cm³/mol. The maximum Gasteiger partial charge on any atom is 0.142 e. The lowest BCUT2D eigenvalue weighted by Crippen LogP contribution is -2.42. The Labute approximate surface area is 115 Å². The Hall–Kier alpha value is -1.26. The standard InChI is InChI=1S/C15H24N2O2/c1-2-3-9-19-15-7-5-4-6-14(15)17-12-13-11-16-8-10-18-13/h4-7,13,16-17H,2-3,8-12H2,1H3. The van der Waals surface area contributed by atoms with Gasteiger partial charge in [0, 0.05) is 19.6 Å². The third-order valence-corrected chi connectivity index (χ3v) is 3.17. The number of rotatable bonds is 7. The summed E-state index contributed by atoms with van der Waals surface area (Å²) in [4.78, 5) is 0. The molecule has 2 rings (SSSR count). The number of morpholine rings is 1. The van der Waals surface area contributed by atoms with E-state index in [1.165, 1.54) is 0 Å². The molecule has 0 amide bonds. The Morgan fingerprint density at radius 2 is 2.32 bits per heavy atom. The predicted octanol–water partition coefficient (Wildman–Crippen LogP) is 2.27. The van der Waals surface area contributed by atoms with Crippen molar-refractivity contribution >= 4 is 5.69 Å². The van der Waals surface area contributed by atoms with E-state index in [4.69, 9.17) is 9.47 Å². The fraction of sp³-hybridized carbons (Fsp3) is 0.600. The van der Waals surface area contributed by atoms with Gasteiger partial charge in [0.15, 0.2) is 0 Å². The van der Waals surface area contributed by atoms with Crippen LogP contribution in [0.2, 0.25) is 0 Å². The van der Waals surface area contributed by atoms with Crippen LogP contribution in [0.4, 0.5) is 5.69 Å². The minimum atomic E-state index is 0.234. The minimum Gasteiger partial charge on any atom is -0.491 e. The van der Waals surface area contributed by atoms with Crippen LogP contribution in [0.25, 0.3) is 0 Å². The van der Waals surface area contributed by atoms with Crippen molar-refractivity contribution in [1.82, 2.24) is 5.32 Å². The van der Waals surface area contributed by atoms with Gasteiger partial charge in [0.1, 0.15) is 5.75 Å². The zero-order chi connectivity index (χ0) is 13.3. The lowest BCUT2D eigenvalue weighted by Gasteiger charge is -2.24. The van der Waals surface area contributed by atoms with E-state index in [1.54, 1.807) is 0 Å². The average molecular weight is 264 g/mol. The summed E-state index contributed by atoms with van der Waals surface area (Å²) >= 11 is 0. The molecule has 1 aromatic carbocycles. The number of para-hydroxylation sites is 2. The molecule has 1 fully saturated rings. The molecule has 2 N–H and O–H groups in total. The molecule has 1 aromatic rings. The highest BCUT2D eigenvalue weighted by Gasteiger charge is 2.13. The Morgan fingerprint density at radius 1 is 1.42 bits per heavy atom. The normalized spacial score (nSPS) is 19.1. The summed E-state index contributed by atoms with van der Waals surface area (Å²) in [5.41, 5.74) is 1.05. The topological polar surface area (TPSA) is 42.5 Å². The van der Waals surface area contributed by atoms with Crippen molar-refractivity contribution < 1.29 is 9.47 Å². The first kappa shape index (κ1) is 14.2. The third-order valence-electron chi connectivity index (χ3n) is 3.17. The molecule has 0 spiro atoms. The summed E-state index contributed by atoms with van der Waals surface area (Å²) in [7, 11) is 0. The Kier molecular flexibility index (Phi) is 5.98. The molecule has 1 unspecified atom stereocenters. The Balaban J connectivity index is 1.84. The van der Waals surface area contributed by atoms with E-state index in [2.05, 4.69) is 23.6 Å². The van der Waals surface area contributed by atoms with Crippen LogP contribution in [0.3, 0.4) is 0 Å². The van der Waals surface area contributed by atoms with Crippen LogP contribution in [0, 0.1) is 0 Å². The van der Waals surface area contributed by atoms with E-state index in [-0.39, 0.29) is 6.10 Å². The van der Waals surface area contributed by atoms with Crippen molar-refractivity contribution in [3.8, 4) is 5.75 Å². The SMILES string of the molecule is CCCCOc1ccccc1NCC1CNCCO1. The average Bonchev–Trinajstić information content (AvgIpc) is 2.48. The molecular weight excluding hydrogens is 240 g/mol. The summed E-state index contributed by atoms with van der Waals surface area (Å²) in [6.45, 7) is 6.40. The highest BCUT2D eigenvalue weighted by atomic mass is 16.5. The second-order valence-electron chi connectivity index (χ2n) is 4.78. The molecule has 0 radical (unpaired) electrons. The van der Waals surface area contributed by atoms with E-state index in [0.29, 0.717) is 0 Å². The van der Waals surface area contributed by atoms with Gasteiger partial charge in [-0.05, 0) is 18.6 Å². The van der Waals surface area contributed by atoms with E-state index in [0.717, 1.165) is 57.1 Å². The first-order chi connectivity index (χ1) is 9.40. The number of anilines is 1. The van der Waals surface area contributed by atoms with E-state index >= 15 is 0 Å². The van der Waals surface area contributed by atoms with Crippen LogP contribution >= 0.6 is 0 Å². The smallest absolute Gasteiger partial charge is 0.142 e. The summed E-state index contributed by atoms with van der Waals surface area (Å²) in [6.07, 6.45) is 2.47. The maximum absolute atomic E-state index is 5.80. The lowest BCUT2D eigenvalue weighted by atomic mass is 10.2. The molecule has 1 atom stereocenters. The lowest BCUT2D eigenvalue weighted by molar-refractivity contribution is 0.0372. The number of benzene rings is 1. The Bertz CT molecular complexity index is 365. The first-order valence-electron chi connectivity index (χ1n) is 7.18. The van der Waals surface area contributed by atoms with E-state index in [9.17, 15) is 0 Å². The van der Waals surface area contributed by atoms with Crippen LogP contribution < -0.4 is 15.4 Å². The molecule has 1 saturated heterocycles. The van der Waals surface area contributed by atoms with Crippen molar-refractivity contribution in [3.05, 3.63) is 24.3 Å². The molecule has 0 saturated carbocycles. The van der Waals surface area contributed by atoms with Gasteiger partial charge < -0.3 is 20.1 Å². The van der Waals surface area contributed by atoms with Gasteiger partial charge in [0.05, 0.1) is 25.0 Å². The maximum atomic E-state index is 5.80. The fourth-order valence-corrected chi connectivity index (χ4v) is 2.04. The second kappa shape index (κ2) is 8.02. The fourth-order valence-electron chi connectivity index (χ4n) is 2.04. The number of hydrogen-bond acceptors (Lipinski definition) is 4. The van der Waals surface area contributed by atoms with Gasteiger partial charge in [0.25, 0.3) is 0 Å². The zero-order valence-electron chi connectivity index (χ0n) is 11.7. The third kappa shape index (κ3) is 4.73. The number of ether oxygens (including phenoxy) is 2. The molecule has 1 heterocycles. The van der Waals surface area contributed by atoms with E-state index in [1.807, 2.05) is 18.2 Å². The molecule has 0 aliphatic carbocycles. The van der Waals surface area contributed by atoms with Gasteiger partial charge in [-0.1, -0.05) is 25.5 Å². The summed E-state index contributed by atoms with van der Waals surface area (Å²) < 4.78 is 11.5. The van der Waals surface area contributed by atoms with Gasteiger partial charge >= 0.3 is 0 Å². The molecule has 106 valence electrons. The zero-order valence-corrected chi connectivity index (χ0v) is 11.7. The van der Waals surface area contributed by atoms with Gasteiger partial charge in [-0.25, -0.2) is 0 Å². The molecule has 4 nitrogen and oxygen atoms in total. The van der Waals surface area contributed by atoms with Crippen LogP contribution in [-0.4, -0.2) is 39.0 Å². The summed E-state index contributed by atoms with van der Waals surface area (Å²) in [5.74, 6) is 0.930. The number of unbranched alkanes of at least 4 members (excludes halogenated alkanes) is 1. The van der Waals surface area contributed by atoms with Crippen LogP contribution in [0.5, 0.6) is 5.75 Å². The van der Waals surface area contributed by atoms with Crippen molar-refractivity contribution in [2.24, 2.45) is 0 Å². The molecule has 1 aliphatic rings. The molecule has 0 aromatic heterocycles. The minimum absolute atomic E-state index is 0.234. The highest BCUT2D eigenvalue weighted by Crippen LogP contribution is 2.24. The molecule has 19 heavy (non-hydrogen) atoms. The van der Waals surface area contributed by atoms with Gasteiger partial charge in [-0.15, -0.1) is 0 Å². The van der Waals surface area contributed by atoms with E-state index < -0.39 is 0 Å². The van der Waals surface area contributed by atoms with Crippen LogP contribution in [0.1, 0.15) is 19.8 Å². The van der Waals surface area contributed by atoms with Gasteiger partial charge in [0.2, 0.25) is 0 Å². The summed E-state index contributed by atoms with van der Waals surface area (Å²) in [6, 6.07) is 8.09. The molecular formula is C15H24N2O2. The van der Waals surface area contributed by atoms with Crippen molar-refractivity contribution in [2.45, 2.75) is 25.9 Å². The molecule has 4 heteroatoms. The highest BCUT2D eigenvalue weighted by molar-refractivity contribution is 5.56. The quantitative estimate of drug-likeness (QED) is 0.741.